The van der Waals surface area contributed by atoms with Crippen LogP contribution in [0.15, 0.2) is 66.9 Å². The van der Waals surface area contributed by atoms with Crippen LogP contribution in [0.25, 0.3) is 11.1 Å². The molecule has 2 aromatic carbocycles. The Balaban J connectivity index is 1.12. The quantitative estimate of drug-likeness (QED) is 0.528. The number of aromatic nitrogens is 1. The number of nitrogens with zero attached hydrogens (tertiary/aromatic N) is 2. The minimum atomic E-state index is -0.360. The summed E-state index contributed by atoms with van der Waals surface area (Å²) in [5.74, 6) is 0.0499. The van der Waals surface area contributed by atoms with Crippen molar-refractivity contribution in [2.45, 2.75) is 31.5 Å². The number of halogens is 1. The van der Waals surface area contributed by atoms with Crippen molar-refractivity contribution >= 4 is 5.91 Å². The SMILES string of the molecule is O=C(Cc1ccc(-c2ccc(OCCN3CC4CC3CO4)cc2F)cn1)NCc1ccccc1. The molecule has 0 saturated carbocycles. The Morgan fingerprint density at radius 3 is 2.76 bits per heavy atom. The number of carbonyl (C=O) groups is 1. The molecule has 2 aliphatic rings. The standard InChI is InChI=1S/C27H28FN3O3/c28-26-14-23(33-11-10-31-17-24-13-22(31)18-34-24)8-9-25(26)20-6-7-21(29-16-20)12-27(32)30-15-19-4-2-1-3-5-19/h1-9,14,16,22,24H,10-13,15,17-18H2,(H,30,32). The highest BCUT2D eigenvalue weighted by atomic mass is 19.1. The second-order valence-corrected chi connectivity index (χ2v) is 8.81. The normalized spacial score (nSPS) is 19.3. The second-order valence-electron chi connectivity index (χ2n) is 8.81. The maximum absolute atomic E-state index is 14.8. The highest BCUT2D eigenvalue weighted by Gasteiger charge is 2.38. The van der Waals surface area contributed by atoms with Crippen molar-refractivity contribution in [3.63, 3.8) is 0 Å². The first-order chi connectivity index (χ1) is 16.6. The lowest BCUT2D eigenvalue weighted by Gasteiger charge is -2.26. The molecule has 3 aromatic rings. The molecular formula is C27H28FN3O3. The van der Waals surface area contributed by atoms with Crippen LogP contribution < -0.4 is 10.1 Å². The lowest BCUT2D eigenvalue weighted by Crippen LogP contribution is -2.39. The van der Waals surface area contributed by atoms with Gasteiger partial charge in [0.2, 0.25) is 5.91 Å². The number of morpholine rings is 1. The Labute approximate surface area is 198 Å². The number of carbonyl (C=O) groups excluding carboxylic acids is 1. The van der Waals surface area contributed by atoms with Crippen LogP contribution in [-0.4, -0.2) is 54.2 Å². The fourth-order valence-corrected chi connectivity index (χ4v) is 4.57. The Bertz CT molecular complexity index is 1120. The smallest absolute Gasteiger partial charge is 0.226 e. The molecule has 34 heavy (non-hydrogen) atoms. The van der Waals surface area contributed by atoms with E-state index in [4.69, 9.17) is 9.47 Å². The van der Waals surface area contributed by atoms with E-state index in [1.54, 1.807) is 30.5 Å². The van der Waals surface area contributed by atoms with Crippen LogP contribution in [-0.2, 0) is 22.5 Å². The number of likely N-dealkylation sites (tertiary alicyclic amines) is 1. The van der Waals surface area contributed by atoms with Crippen LogP contribution >= 0.6 is 0 Å². The zero-order chi connectivity index (χ0) is 23.3. The van der Waals surface area contributed by atoms with Crippen LogP contribution in [0.5, 0.6) is 5.75 Å². The molecule has 0 radical (unpaired) electrons. The van der Waals surface area contributed by atoms with Gasteiger partial charge in [0, 0.05) is 54.8 Å². The van der Waals surface area contributed by atoms with E-state index in [9.17, 15) is 9.18 Å². The first kappa shape index (κ1) is 22.5. The summed E-state index contributed by atoms with van der Waals surface area (Å²) in [7, 11) is 0. The Kier molecular flexibility index (Phi) is 6.83. The molecule has 2 atom stereocenters. The molecule has 2 fully saturated rings. The number of hydrogen-bond acceptors (Lipinski definition) is 5. The first-order valence-corrected chi connectivity index (χ1v) is 11.7. The molecule has 7 heteroatoms. The first-order valence-electron chi connectivity index (χ1n) is 11.7. The third-order valence-corrected chi connectivity index (χ3v) is 6.41. The predicted octanol–water partition coefficient (Wildman–Crippen LogP) is 3.60. The van der Waals surface area contributed by atoms with E-state index in [2.05, 4.69) is 15.2 Å². The summed E-state index contributed by atoms with van der Waals surface area (Å²) >= 11 is 0. The van der Waals surface area contributed by atoms with Gasteiger partial charge in [0.05, 0.1) is 19.1 Å². The number of nitrogens with one attached hydrogen (secondary N) is 1. The van der Waals surface area contributed by atoms with Crippen molar-refractivity contribution in [3.8, 4) is 16.9 Å². The third kappa shape index (κ3) is 5.43. The van der Waals surface area contributed by atoms with Crippen LogP contribution in [0, 0.1) is 5.82 Å². The van der Waals surface area contributed by atoms with E-state index in [-0.39, 0.29) is 18.1 Å². The van der Waals surface area contributed by atoms with E-state index in [0.29, 0.717) is 47.9 Å². The van der Waals surface area contributed by atoms with Gasteiger partial charge in [-0.05, 0) is 30.2 Å². The van der Waals surface area contributed by atoms with Crippen LogP contribution in [0.3, 0.4) is 0 Å². The van der Waals surface area contributed by atoms with E-state index < -0.39 is 0 Å². The number of pyridine rings is 1. The highest BCUT2D eigenvalue weighted by molar-refractivity contribution is 5.78. The van der Waals surface area contributed by atoms with Crippen molar-refractivity contribution in [3.05, 3.63) is 83.9 Å². The summed E-state index contributed by atoms with van der Waals surface area (Å²) < 4.78 is 26.2. The van der Waals surface area contributed by atoms with Crippen molar-refractivity contribution < 1.29 is 18.7 Å². The van der Waals surface area contributed by atoms with Gasteiger partial charge in [0.15, 0.2) is 0 Å². The summed E-state index contributed by atoms with van der Waals surface area (Å²) in [4.78, 5) is 18.9. The van der Waals surface area contributed by atoms with Gasteiger partial charge in [0.25, 0.3) is 0 Å². The van der Waals surface area contributed by atoms with Gasteiger partial charge in [0.1, 0.15) is 18.2 Å². The van der Waals surface area contributed by atoms with Gasteiger partial charge in [-0.3, -0.25) is 14.7 Å². The van der Waals surface area contributed by atoms with E-state index >= 15 is 0 Å². The van der Waals surface area contributed by atoms with Gasteiger partial charge in [-0.25, -0.2) is 4.39 Å². The Hall–Kier alpha value is -3.29. The fourth-order valence-electron chi connectivity index (χ4n) is 4.57. The molecule has 2 saturated heterocycles. The van der Waals surface area contributed by atoms with E-state index in [1.165, 1.54) is 6.07 Å². The maximum Gasteiger partial charge on any atom is 0.226 e. The van der Waals surface area contributed by atoms with Crippen molar-refractivity contribution in [2.24, 2.45) is 0 Å². The van der Waals surface area contributed by atoms with Crippen molar-refractivity contribution in [1.82, 2.24) is 15.2 Å². The molecule has 6 nitrogen and oxygen atoms in total. The lowest BCUT2D eigenvalue weighted by molar-refractivity contribution is -0.120. The molecule has 1 amide bonds. The van der Waals surface area contributed by atoms with Gasteiger partial charge in [-0.2, -0.15) is 0 Å². The molecule has 1 N–H and O–H groups in total. The second kappa shape index (κ2) is 10.3. The van der Waals surface area contributed by atoms with E-state index in [0.717, 1.165) is 31.7 Å². The van der Waals surface area contributed by atoms with Crippen LogP contribution in [0.1, 0.15) is 17.7 Å². The Morgan fingerprint density at radius 1 is 1.18 bits per heavy atom. The zero-order valence-electron chi connectivity index (χ0n) is 19.0. The monoisotopic (exact) mass is 461 g/mol. The summed E-state index contributed by atoms with van der Waals surface area (Å²) in [6.45, 7) is 3.58. The van der Waals surface area contributed by atoms with Gasteiger partial charge in [-0.1, -0.05) is 36.4 Å². The zero-order valence-corrected chi connectivity index (χ0v) is 19.0. The van der Waals surface area contributed by atoms with Gasteiger partial charge >= 0.3 is 0 Å². The lowest BCUT2D eigenvalue weighted by atomic mass is 10.1. The molecule has 3 heterocycles. The molecule has 176 valence electrons. The van der Waals surface area contributed by atoms with Gasteiger partial charge < -0.3 is 14.8 Å². The molecule has 0 aliphatic carbocycles. The fraction of sp³-hybridized carbons (Fsp3) is 0.333. The largest absolute Gasteiger partial charge is 0.492 e. The number of ether oxygens (including phenoxy) is 2. The van der Waals surface area contributed by atoms with Crippen molar-refractivity contribution in [2.75, 3.05) is 26.3 Å². The average molecular weight is 462 g/mol. The van der Waals surface area contributed by atoms with Gasteiger partial charge in [-0.15, -0.1) is 0 Å². The minimum absolute atomic E-state index is 0.105. The van der Waals surface area contributed by atoms with Crippen molar-refractivity contribution in [1.29, 1.82) is 0 Å². The molecule has 2 unspecified atom stereocenters. The molecule has 1 aromatic heterocycles. The summed E-state index contributed by atoms with van der Waals surface area (Å²) in [5.41, 5.74) is 2.79. The molecule has 2 bridgehead atoms. The number of hydrogen-bond donors (Lipinski definition) is 1. The number of benzene rings is 2. The summed E-state index contributed by atoms with van der Waals surface area (Å²) in [6, 6.07) is 18.7. The molecule has 2 aliphatic heterocycles. The molecule has 5 rings (SSSR count). The van der Waals surface area contributed by atoms with Crippen LogP contribution in [0.2, 0.25) is 0 Å². The highest BCUT2D eigenvalue weighted by Crippen LogP contribution is 2.28. The maximum atomic E-state index is 14.8. The average Bonchev–Trinajstić information content (AvgIpc) is 3.48. The topological polar surface area (TPSA) is 63.7 Å². The Morgan fingerprint density at radius 2 is 2.06 bits per heavy atom. The summed E-state index contributed by atoms with van der Waals surface area (Å²) in [5, 5.41) is 2.89. The third-order valence-electron chi connectivity index (χ3n) is 6.41. The van der Waals surface area contributed by atoms with E-state index in [1.807, 2.05) is 30.3 Å². The number of rotatable bonds is 9. The predicted molar refractivity (Wildman–Crippen MR) is 127 cm³/mol. The minimum Gasteiger partial charge on any atom is -0.492 e. The molecular weight excluding hydrogens is 433 g/mol. The number of fused-ring (bicyclic) bond motifs is 2. The summed E-state index contributed by atoms with van der Waals surface area (Å²) in [6.07, 6.45) is 3.25. The van der Waals surface area contributed by atoms with Crippen LogP contribution in [0.4, 0.5) is 4.39 Å². The molecule has 0 spiro atoms. The number of amides is 1.